The number of H-pyrrole nitrogens is 1. The van der Waals surface area contributed by atoms with Gasteiger partial charge in [0.05, 0.1) is 5.25 Å². The summed E-state index contributed by atoms with van der Waals surface area (Å²) < 4.78 is 0. The first-order chi connectivity index (χ1) is 11.6. The lowest BCUT2D eigenvalue weighted by Crippen LogP contribution is -2.30. The fourth-order valence-electron chi connectivity index (χ4n) is 2.53. The topological polar surface area (TPSA) is 73.9 Å². The van der Waals surface area contributed by atoms with Crippen LogP contribution in [0.2, 0.25) is 5.02 Å². The summed E-state index contributed by atoms with van der Waals surface area (Å²) in [5, 5.41) is 10.2. The van der Waals surface area contributed by atoms with E-state index in [1.165, 1.54) is 18.2 Å². The number of piperidine rings is 1. The second kappa shape index (κ2) is 7.90. The molecule has 2 heterocycles. The predicted octanol–water partition coefficient (Wildman–Crippen LogP) is 3.57. The highest BCUT2D eigenvalue weighted by Gasteiger charge is 2.19. The molecule has 1 fully saturated rings. The third-order valence-electron chi connectivity index (χ3n) is 3.85. The Morgan fingerprint density at radius 3 is 2.71 bits per heavy atom. The quantitative estimate of drug-likeness (QED) is 0.792. The van der Waals surface area contributed by atoms with E-state index < -0.39 is 0 Å². The number of aromatic nitrogens is 3. The van der Waals surface area contributed by atoms with Crippen LogP contribution < -0.4 is 10.2 Å². The molecule has 1 aliphatic heterocycles. The highest BCUT2D eigenvalue weighted by Crippen LogP contribution is 2.25. The number of carbonyl (C=O) groups is 1. The van der Waals surface area contributed by atoms with Crippen molar-refractivity contribution in [2.75, 3.05) is 23.3 Å². The van der Waals surface area contributed by atoms with Crippen LogP contribution in [-0.4, -0.2) is 39.4 Å². The maximum absolute atomic E-state index is 12.3. The monoisotopic (exact) mass is 365 g/mol. The van der Waals surface area contributed by atoms with Gasteiger partial charge < -0.3 is 4.90 Å². The van der Waals surface area contributed by atoms with Gasteiger partial charge >= 0.3 is 0 Å². The lowest BCUT2D eigenvalue weighted by Gasteiger charge is -2.24. The number of anilines is 2. The van der Waals surface area contributed by atoms with Gasteiger partial charge in [-0.05, 0) is 50.5 Å². The van der Waals surface area contributed by atoms with Crippen LogP contribution in [0.4, 0.5) is 11.9 Å². The number of nitrogens with zero attached hydrogens (tertiary/aromatic N) is 3. The minimum absolute atomic E-state index is 0.115. The Labute approximate surface area is 150 Å². The third-order valence-corrected chi connectivity index (χ3v) is 5.21. The Bertz CT molecular complexity index is 684. The zero-order valence-electron chi connectivity index (χ0n) is 13.5. The standard InChI is InChI=1S/C16H20ClN5OS/c1-11(24-13-7-5-12(17)6-8-13)14(23)18-15-19-16(21-20-15)22-9-3-2-4-10-22/h5-8,11H,2-4,9-10H2,1H3,(H2,18,19,20,21,23). The van der Waals surface area contributed by atoms with Crippen LogP contribution in [0.3, 0.4) is 0 Å². The molecule has 1 atom stereocenters. The molecule has 1 saturated heterocycles. The lowest BCUT2D eigenvalue weighted by atomic mass is 10.1. The van der Waals surface area contributed by atoms with Crippen LogP contribution in [0.15, 0.2) is 29.2 Å². The molecule has 24 heavy (non-hydrogen) atoms. The fraction of sp³-hybridized carbons (Fsp3) is 0.438. The van der Waals surface area contributed by atoms with Gasteiger partial charge in [-0.3, -0.25) is 10.1 Å². The smallest absolute Gasteiger partial charge is 0.246 e. The number of amides is 1. The summed E-state index contributed by atoms with van der Waals surface area (Å²) in [6, 6.07) is 7.44. The van der Waals surface area contributed by atoms with E-state index in [1.54, 1.807) is 0 Å². The number of hydrogen-bond donors (Lipinski definition) is 2. The molecular weight excluding hydrogens is 346 g/mol. The second-order valence-corrected chi connectivity index (χ2v) is 7.59. The maximum atomic E-state index is 12.3. The average molecular weight is 366 g/mol. The van der Waals surface area contributed by atoms with Crippen molar-refractivity contribution in [3.8, 4) is 0 Å². The molecule has 0 radical (unpaired) electrons. The number of aromatic amines is 1. The SMILES string of the molecule is CC(Sc1ccc(Cl)cc1)C(=O)Nc1nc(N2CCCCC2)n[nH]1. The van der Waals surface area contributed by atoms with E-state index in [-0.39, 0.29) is 11.2 Å². The first-order valence-electron chi connectivity index (χ1n) is 8.02. The van der Waals surface area contributed by atoms with E-state index in [0.29, 0.717) is 16.9 Å². The molecule has 1 amide bonds. The number of nitrogens with one attached hydrogen (secondary N) is 2. The van der Waals surface area contributed by atoms with E-state index in [1.807, 2.05) is 31.2 Å². The number of carbonyl (C=O) groups excluding carboxylic acids is 1. The molecule has 0 aliphatic carbocycles. The molecule has 128 valence electrons. The largest absolute Gasteiger partial charge is 0.340 e. The summed E-state index contributed by atoms with van der Waals surface area (Å²) in [6.45, 7) is 3.79. The molecule has 1 aromatic heterocycles. The van der Waals surface area contributed by atoms with E-state index in [9.17, 15) is 4.79 Å². The van der Waals surface area contributed by atoms with Gasteiger partial charge in [0.1, 0.15) is 0 Å². The van der Waals surface area contributed by atoms with Gasteiger partial charge in [-0.1, -0.05) is 11.6 Å². The molecule has 0 saturated carbocycles. The summed E-state index contributed by atoms with van der Waals surface area (Å²) in [4.78, 5) is 19.8. The third kappa shape index (κ3) is 4.42. The van der Waals surface area contributed by atoms with Crippen molar-refractivity contribution in [3.63, 3.8) is 0 Å². The zero-order chi connectivity index (χ0) is 16.9. The molecule has 0 bridgehead atoms. The predicted molar refractivity (Wildman–Crippen MR) is 97.8 cm³/mol. The Hall–Kier alpha value is -1.73. The van der Waals surface area contributed by atoms with Crippen LogP contribution >= 0.6 is 23.4 Å². The molecule has 0 spiro atoms. The zero-order valence-corrected chi connectivity index (χ0v) is 15.0. The maximum Gasteiger partial charge on any atom is 0.246 e. The molecular formula is C16H20ClN5OS. The second-order valence-electron chi connectivity index (χ2n) is 5.73. The van der Waals surface area contributed by atoms with Gasteiger partial charge in [0, 0.05) is 23.0 Å². The summed E-state index contributed by atoms with van der Waals surface area (Å²) in [5.74, 6) is 0.934. The Kier molecular flexibility index (Phi) is 5.63. The van der Waals surface area contributed by atoms with Gasteiger partial charge in [-0.2, -0.15) is 4.98 Å². The minimum atomic E-state index is -0.255. The molecule has 3 rings (SSSR count). The van der Waals surface area contributed by atoms with E-state index in [2.05, 4.69) is 25.4 Å². The number of hydrogen-bond acceptors (Lipinski definition) is 5. The van der Waals surface area contributed by atoms with Gasteiger partial charge in [0.2, 0.25) is 17.8 Å². The van der Waals surface area contributed by atoms with Gasteiger partial charge in [-0.15, -0.1) is 16.9 Å². The molecule has 6 nitrogen and oxygen atoms in total. The summed E-state index contributed by atoms with van der Waals surface area (Å²) in [5.41, 5.74) is 0. The van der Waals surface area contributed by atoms with Crippen molar-refractivity contribution in [3.05, 3.63) is 29.3 Å². The van der Waals surface area contributed by atoms with Gasteiger partial charge in [-0.25, -0.2) is 5.10 Å². The number of thioether (sulfide) groups is 1. The molecule has 2 aromatic rings. The number of benzene rings is 1. The van der Waals surface area contributed by atoms with Crippen LogP contribution in [0.1, 0.15) is 26.2 Å². The normalized spacial score (nSPS) is 16.0. The summed E-state index contributed by atoms with van der Waals surface area (Å²) in [7, 11) is 0. The Morgan fingerprint density at radius 2 is 2.00 bits per heavy atom. The molecule has 1 aromatic carbocycles. The van der Waals surface area contributed by atoms with E-state index >= 15 is 0 Å². The average Bonchev–Trinajstić information content (AvgIpc) is 3.06. The molecule has 8 heteroatoms. The minimum Gasteiger partial charge on any atom is -0.340 e. The van der Waals surface area contributed by atoms with Gasteiger partial charge in [0.25, 0.3) is 0 Å². The Balaban J connectivity index is 1.55. The van der Waals surface area contributed by atoms with E-state index in [4.69, 9.17) is 11.6 Å². The first-order valence-corrected chi connectivity index (χ1v) is 9.28. The lowest BCUT2D eigenvalue weighted by molar-refractivity contribution is -0.115. The highest BCUT2D eigenvalue weighted by atomic mass is 35.5. The van der Waals surface area contributed by atoms with Crippen molar-refractivity contribution < 1.29 is 4.79 Å². The van der Waals surface area contributed by atoms with Crippen LogP contribution in [-0.2, 0) is 4.79 Å². The Morgan fingerprint density at radius 1 is 1.29 bits per heavy atom. The van der Waals surface area contributed by atoms with Crippen LogP contribution in [0, 0.1) is 0 Å². The van der Waals surface area contributed by atoms with Crippen molar-refractivity contribution >= 4 is 41.2 Å². The van der Waals surface area contributed by atoms with Crippen molar-refractivity contribution in [1.29, 1.82) is 0 Å². The van der Waals surface area contributed by atoms with Crippen LogP contribution in [0.25, 0.3) is 0 Å². The van der Waals surface area contributed by atoms with Crippen LogP contribution in [0.5, 0.6) is 0 Å². The first kappa shape index (κ1) is 17.1. The molecule has 1 unspecified atom stereocenters. The summed E-state index contributed by atoms with van der Waals surface area (Å²) in [6.07, 6.45) is 3.57. The number of rotatable bonds is 5. The highest BCUT2D eigenvalue weighted by molar-refractivity contribution is 8.00. The van der Waals surface area contributed by atoms with E-state index in [0.717, 1.165) is 30.8 Å². The molecule has 1 aliphatic rings. The van der Waals surface area contributed by atoms with Crippen molar-refractivity contribution in [1.82, 2.24) is 15.2 Å². The fourth-order valence-corrected chi connectivity index (χ4v) is 3.53. The van der Waals surface area contributed by atoms with Crippen molar-refractivity contribution in [2.24, 2.45) is 0 Å². The van der Waals surface area contributed by atoms with Gasteiger partial charge in [0.15, 0.2) is 0 Å². The molecule has 2 N–H and O–H groups in total. The van der Waals surface area contributed by atoms with Crippen molar-refractivity contribution in [2.45, 2.75) is 36.3 Å². The number of halogens is 1. The summed E-state index contributed by atoms with van der Waals surface area (Å²) >= 11 is 7.34.